The van der Waals surface area contributed by atoms with Crippen LogP contribution in [0.5, 0.6) is 0 Å². The Kier molecular flexibility index (Phi) is 4.60. The quantitative estimate of drug-likeness (QED) is 0.786. The summed E-state index contributed by atoms with van der Waals surface area (Å²) in [6.45, 7) is 4.25. The highest BCUT2D eigenvalue weighted by molar-refractivity contribution is 8.18. The minimum absolute atomic E-state index is 0.222. The Bertz CT molecular complexity index is 566. The second-order valence-electron chi connectivity index (χ2n) is 4.64. The summed E-state index contributed by atoms with van der Waals surface area (Å²) in [6.07, 6.45) is 1.73. The van der Waals surface area contributed by atoms with Gasteiger partial charge >= 0.3 is 0 Å². The number of carbonyl (C=O) groups excluding carboxylic acids is 2. The van der Waals surface area contributed by atoms with E-state index in [2.05, 4.69) is 0 Å². The minimum atomic E-state index is -0.322. The van der Waals surface area contributed by atoms with E-state index in [1.54, 1.807) is 19.1 Å². The van der Waals surface area contributed by atoms with Crippen molar-refractivity contribution in [1.29, 1.82) is 0 Å². The fraction of sp³-hybridized carbons (Fsp3) is 0.333. The second kappa shape index (κ2) is 6.22. The van der Waals surface area contributed by atoms with E-state index in [1.807, 2.05) is 6.92 Å². The van der Waals surface area contributed by atoms with Crippen molar-refractivity contribution in [2.75, 3.05) is 6.54 Å². The van der Waals surface area contributed by atoms with E-state index in [4.69, 9.17) is 0 Å². The van der Waals surface area contributed by atoms with Gasteiger partial charge in [-0.05, 0) is 48.4 Å². The molecule has 1 fully saturated rings. The number of nitrogens with zero attached hydrogens (tertiary/aromatic N) is 1. The van der Waals surface area contributed by atoms with Crippen molar-refractivity contribution >= 4 is 28.5 Å². The predicted octanol–water partition coefficient (Wildman–Crippen LogP) is 4.05. The Morgan fingerprint density at radius 3 is 2.50 bits per heavy atom. The molecule has 0 aliphatic carbocycles. The third kappa shape index (κ3) is 2.93. The number of benzene rings is 1. The molecule has 2 amide bonds. The van der Waals surface area contributed by atoms with Gasteiger partial charge in [-0.1, -0.05) is 25.5 Å². The number of allylic oxidation sites excluding steroid dienone is 1. The summed E-state index contributed by atoms with van der Waals surface area (Å²) in [5.74, 6) is -0.562. The first kappa shape index (κ1) is 14.8. The lowest BCUT2D eigenvalue weighted by atomic mass is 10.1. The summed E-state index contributed by atoms with van der Waals surface area (Å²) in [5, 5.41) is -0.222. The number of rotatable bonds is 4. The van der Waals surface area contributed by atoms with Crippen LogP contribution in [0.4, 0.5) is 9.18 Å². The van der Waals surface area contributed by atoms with Crippen molar-refractivity contribution < 1.29 is 14.0 Å². The minimum Gasteiger partial charge on any atom is -0.268 e. The van der Waals surface area contributed by atoms with Crippen LogP contribution in [0.25, 0.3) is 5.57 Å². The lowest BCUT2D eigenvalue weighted by Gasteiger charge is -2.11. The van der Waals surface area contributed by atoms with Crippen LogP contribution in [-0.4, -0.2) is 22.6 Å². The Labute approximate surface area is 121 Å². The van der Waals surface area contributed by atoms with E-state index < -0.39 is 0 Å². The highest BCUT2D eigenvalue weighted by atomic mass is 32.2. The SMILES string of the molecule is CCCCN1C(=O)S/C(=C(/C)c2ccc(F)cc2)C1=O. The summed E-state index contributed by atoms with van der Waals surface area (Å²) in [7, 11) is 0. The number of hydrogen-bond acceptors (Lipinski definition) is 3. The Hall–Kier alpha value is -1.62. The molecule has 0 atom stereocenters. The number of unbranched alkanes of at least 4 members (excludes halogenated alkanes) is 1. The van der Waals surface area contributed by atoms with Crippen molar-refractivity contribution in [3.8, 4) is 0 Å². The fourth-order valence-electron chi connectivity index (χ4n) is 1.97. The molecule has 5 heteroatoms. The van der Waals surface area contributed by atoms with E-state index in [9.17, 15) is 14.0 Å². The van der Waals surface area contributed by atoms with Gasteiger partial charge in [0.15, 0.2) is 0 Å². The number of carbonyl (C=O) groups is 2. The van der Waals surface area contributed by atoms with Crippen LogP contribution in [-0.2, 0) is 4.79 Å². The molecule has 1 aliphatic heterocycles. The van der Waals surface area contributed by atoms with Crippen LogP contribution < -0.4 is 0 Å². The van der Waals surface area contributed by atoms with Crippen molar-refractivity contribution in [1.82, 2.24) is 4.90 Å². The molecule has 1 aromatic rings. The molecule has 0 N–H and O–H groups in total. The Balaban J connectivity index is 2.28. The van der Waals surface area contributed by atoms with Gasteiger partial charge in [0.1, 0.15) is 5.82 Å². The average Bonchev–Trinajstić information content (AvgIpc) is 2.72. The van der Waals surface area contributed by atoms with Gasteiger partial charge in [-0.2, -0.15) is 0 Å². The van der Waals surface area contributed by atoms with Gasteiger partial charge in [-0.25, -0.2) is 4.39 Å². The molecule has 3 nitrogen and oxygen atoms in total. The number of imide groups is 1. The van der Waals surface area contributed by atoms with Gasteiger partial charge in [0.2, 0.25) is 0 Å². The lowest BCUT2D eigenvalue weighted by molar-refractivity contribution is -0.122. The number of hydrogen-bond donors (Lipinski definition) is 0. The summed E-state index contributed by atoms with van der Waals surface area (Å²) in [5.41, 5.74) is 1.47. The van der Waals surface area contributed by atoms with E-state index in [1.165, 1.54) is 17.0 Å². The van der Waals surface area contributed by atoms with Crippen molar-refractivity contribution in [3.05, 3.63) is 40.6 Å². The molecular formula is C15H16FNO2S. The zero-order chi connectivity index (χ0) is 14.7. The first-order valence-corrected chi connectivity index (χ1v) is 7.36. The van der Waals surface area contributed by atoms with Crippen LogP contribution in [0.1, 0.15) is 32.3 Å². The van der Waals surface area contributed by atoms with Crippen LogP contribution in [0, 0.1) is 5.82 Å². The van der Waals surface area contributed by atoms with Gasteiger partial charge in [0, 0.05) is 6.54 Å². The molecule has 1 saturated heterocycles. The molecule has 0 unspecified atom stereocenters. The topological polar surface area (TPSA) is 37.4 Å². The van der Waals surface area contributed by atoms with E-state index in [0.717, 1.165) is 30.2 Å². The maximum Gasteiger partial charge on any atom is 0.293 e. The average molecular weight is 293 g/mol. The van der Waals surface area contributed by atoms with Crippen molar-refractivity contribution in [2.45, 2.75) is 26.7 Å². The second-order valence-corrected chi connectivity index (χ2v) is 5.60. The normalized spacial score (nSPS) is 17.9. The van der Waals surface area contributed by atoms with E-state index in [-0.39, 0.29) is 17.0 Å². The molecule has 0 aromatic heterocycles. The van der Waals surface area contributed by atoms with Crippen LogP contribution >= 0.6 is 11.8 Å². The first-order chi connectivity index (χ1) is 9.54. The standard InChI is InChI=1S/C15H16FNO2S/c1-3-4-9-17-14(18)13(20-15(17)19)10(2)11-5-7-12(16)8-6-11/h5-8H,3-4,9H2,1-2H3/b13-10-. The molecule has 20 heavy (non-hydrogen) atoms. The zero-order valence-electron chi connectivity index (χ0n) is 11.5. The van der Waals surface area contributed by atoms with Crippen LogP contribution in [0.3, 0.4) is 0 Å². The molecule has 0 spiro atoms. The summed E-state index contributed by atoms with van der Waals surface area (Å²) < 4.78 is 12.9. The molecule has 0 bridgehead atoms. The molecule has 1 aliphatic rings. The van der Waals surface area contributed by atoms with Crippen molar-refractivity contribution in [3.63, 3.8) is 0 Å². The van der Waals surface area contributed by atoms with Crippen LogP contribution in [0.15, 0.2) is 29.2 Å². The molecule has 1 heterocycles. The van der Waals surface area contributed by atoms with Gasteiger partial charge in [-0.3, -0.25) is 14.5 Å². The number of amides is 2. The van der Waals surface area contributed by atoms with Crippen LogP contribution in [0.2, 0.25) is 0 Å². The predicted molar refractivity (Wildman–Crippen MR) is 78.6 cm³/mol. The third-order valence-electron chi connectivity index (χ3n) is 3.20. The number of thioether (sulfide) groups is 1. The molecule has 2 rings (SSSR count). The summed E-state index contributed by atoms with van der Waals surface area (Å²) in [6, 6.07) is 5.93. The Morgan fingerprint density at radius 2 is 1.90 bits per heavy atom. The molecule has 1 aromatic carbocycles. The maximum absolute atomic E-state index is 12.9. The van der Waals surface area contributed by atoms with Gasteiger partial charge in [-0.15, -0.1) is 0 Å². The largest absolute Gasteiger partial charge is 0.293 e. The lowest BCUT2D eigenvalue weighted by Crippen LogP contribution is -2.29. The molecular weight excluding hydrogens is 277 g/mol. The molecule has 0 radical (unpaired) electrons. The monoisotopic (exact) mass is 293 g/mol. The van der Waals surface area contributed by atoms with E-state index >= 15 is 0 Å². The third-order valence-corrected chi connectivity index (χ3v) is 4.28. The van der Waals surface area contributed by atoms with Gasteiger partial charge in [0.25, 0.3) is 11.1 Å². The smallest absolute Gasteiger partial charge is 0.268 e. The number of halogens is 1. The van der Waals surface area contributed by atoms with E-state index in [0.29, 0.717) is 17.0 Å². The zero-order valence-corrected chi connectivity index (χ0v) is 12.3. The Morgan fingerprint density at radius 1 is 1.25 bits per heavy atom. The van der Waals surface area contributed by atoms with Gasteiger partial charge < -0.3 is 0 Å². The molecule has 106 valence electrons. The highest BCUT2D eigenvalue weighted by Crippen LogP contribution is 2.36. The summed E-state index contributed by atoms with van der Waals surface area (Å²) in [4.78, 5) is 25.9. The summed E-state index contributed by atoms with van der Waals surface area (Å²) >= 11 is 0.963. The van der Waals surface area contributed by atoms with Gasteiger partial charge in [0.05, 0.1) is 4.91 Å². The maximum atomic E-state index is 12.9. The highest BCUT2D eigenvalue weighted by Gasteiger charge is 2.35. The molecule has 0 saturated carbocycles. The fourth-order valence-corrected chi connectivity index (χ4v) is 2.90. The van der Waals surface area contributed by atoms with Crippen molar-refractivity contribution in [2.24, 2.45) is 0 Å². The first-order valence-electron chi connectivity index (χ1n) is 6.55.